The molecular weight excluding hydrogens is 278 g/mol. The van der Waals surface area contributed by atoms with Gasteiger partial charge in [-0.1, -0.05) is 48.5 Å². The summed E-state index contributed by atoms with van der Waals surface area (Å²) in [6, 6.07) is 18.2. The van der Waals surface area contributed by atoms with Crippen LogP contribution in [0.2, 0.25) is 0 Å². The van der Waals surface area contributed by atoms with Crippen molar-refractivity contribution in [3.8, 4) is 5.75 Å². The van der Waals surface area contributed by atoms with Gasteiger partial charge >= 0.3 is 5.97 Å². The second kappa shape index (κ2) is 7.09. The lowest BCUT2D eigenvalue weighted by atomic mass is 10.0. The van der Waals surface area contributed by atoms with E-state index < -0.39 is 17.7 Å². The molecule has 0 bridgehead atoms. The van der Waals surface area contributed by atoms with Gasteiger partial charge in [-0.25, -0.2) is 0 Å². The van der Waals surface area contributed by atoms with E-state index in [9.17, 15) is 9.90 Å². The predicted octanol–water partition coefficient (Wildman–Crippen LogP) is 3.09. The highest BCUT2D eigenvalue weighted by molar-refractivity contribution is 5.74. The number of benzene rings is 2. The topological polar surface area (TPSA) is 58.6 Å². The van der Waals surface area contributed by atoms with Crippen molar-refractivity contribution in [3.63, 3.8) is 0 Å². The van der Waals surface area contributed by atoms with E-state index in [1.807, 2.05) is 74.5 Å². The van der Waals surface area contributed by atoms with Crippen molar-refractivity contribution in [1.82, 2.24) is 5.32 Å². The van der Waals surface area contributed by atoms with Gasteiger partial charge in [0.2, 0.25) is 0 Å². The summed E-state index contributed by atoms with van der Waals surface area (Å²) in [5.41, 5.74) is 0.178. The van der Waals surface area contributed by atoms with E-state index >= 15 is 0 Å². The molecule has 0 fully saturated rings. The fourth-order valence-corrected chi connectivity index (χ4v) is 2.28. The average Bonchev–Trinajstić information content (AvgIpc) is 2.48. The minimum atomic E-state index is -0.895. The second-order valence-corrected chi connectivity index (χ2v) is 5.65. The first-order valence-electron chi connectivity index (χ1n) is 7.25. The van der Waals surface area contributed by atoms with Gasteiger partial charge in [-0.3, -0.25) is 10.1 Å². The van der Waals surface area contributed by atoms with Crippen molar-refractivity contribution >= 4 is 5.97 Å². The van der Waals surface area contributed by atoms with Gasteiger partial charge < -0.3 is 9.84 Å². The zero-order valence-electron chi connectivity index (χ0n) is 12.8. The summed E-state index contributed by atoms with van der Waals surface area (Å²) in [5, 5.41) is 12.5. The Hall–Kier alpha value is -2.33. The van der Waals surface area contributed by atoms with E-state index in [2.05, 4.69) is 5.32 Å². The maximum Gasteiger partial charge on any atom is 0.321 e. The molecule has 2 aromatic carbocycles. The van der Waals surface area contributed by atoms with Gasteiger partial charge in [0.25, 0.3) is 0 Å². The van der Waals surface area contributed by atoms with Crippen molar-refractivity contribution in [1.29, 1.82) is 0 Å². The predicted molar refractivity (Wildman–Crippen MR) is 85.9 cm³/mol. The van der Waals surface area contributed by atoms with Crippen LogP contribution in [0.15, 0.2) is 60.7 Å². The van der Waals surface area contributed by atoms with Crippen molar-refractivity contribution in [2.75, 3.05) is 0 Å². The molecule has 0 amide bonds. The normalized spacial score (nSPS) is 12.6. The molecule has 0 aromatic heterocycles. The average molecular weight is 299 g/mol. The number of para-hydroxylation sites is 1. The minimum Gasteiger partial charge on any atom is -0.480 e. The Balaban J connectivity index is 2.04. The number of carboxylic acids is 1. The molecule has 1 atom stereocenters. The molecule has 4 heteroatoms. The molecule has 0 radical (unpaired) electrons. The molecule has 0 saturated heterocycles. The van der Waals surface area contributed by atoms with Crippen LogP contribution in [-0.4, -0.2) is 22.8 Å². The van der Waals surface area contributed by atoms with Crippen molar-refractivity contribution in [2.24, 2.45) is 0 Å². The highest BCUT2D eigenvalue weighted by Crippen LogP contribution is 2.17. The van der Waals surface area contributed by atoms with Gasteiger partial charge in [-0.2, -0.15) is 0 Å². The molecule has 0 aliphatic rings. The quantitative estimate of drug-likeness (QED) is 0.771. The molecule has 0 aliphatic carbocycles. The number of nitrogens with one attached hydrogen (secondary N) is 1. The Bertz CT molecular complexity index is 596. The summed E-state index contributed by atoms with van der Waals surface area (Å²) in [6.07, 6.45) is 0.401. The van der Waals surface area contributed by atoms with E-state index in [4.69, 9.17) is 4.74 Å². The van der Waals surface area contributed by atoms with E-state index in [-0.39, 0.29) is 0 Å². The number of hydrogen-bond acceptors (Lipinski definition) is 3. The summed E-state index contributed by atoms with van der Waals surface area (Å²) in [5.74, 6) is -0.197. The van der Waals surface area contributed by atoms with E-state index in [0.29, 0.717) is 12.2 Å². The van der Waals surface area contributed by atoms with Crippen LogP contribution in [0.25, 0.3) is 0 Å². The van der Waals surface area contributed by atoms with Gasteiger partial charge in [0.05, 0.1) is 0 Å². The van der Waals surface area contributed by atoms with Crippen LogP contribution in [0.5, 0.6) is 5.75 Å². The minimum absolute atomic E-state index is 0.401. The maximum atomic E-state index is 11.5. The third-order valence-corrected chi connectivity index (χ3v) is 3.22. The Kier molecular flexibility index (Phi) is 5.17. The molecule has 2 aromatic rings. The van der Waals surface area contributed by atoms with Crippen molar-refractivity contribution in [2.45, 2.75) is 32.0 Å². The van der Waals surface area contributed by atoms with Crippen LogP contribution >= 0.6 is 0 Å². The Morgan fingerprint density at radius 1 is 1.09 bits per heavy atom. The third-order valence-electron chi connectivity index (χ3n) is 3.22. The fourth-order valence-electron chi connectivity index (χ4n) is 2.28. The number of aliphatic carboxylic acids is 1. The lowest BCUT2D eigenvalue weighted by Gasteiger charge is -2.31. The molecule has 116 valence electrons. The first kappa shape index (κ1) is 16.0. The molecule has 4 nitrogen and oxygen atoms in total. The van der Waals surface area contributed by atoms with Crippen molar-refractivity contribution in [3.05, 3.63) is 66.2 Å². The maximum absolute atomic E-state index is 11.5. The lowest BCUT2D eigenvalue weighted by molar-refractivity contribution is -0.141. The van der Waals surface area contributed by atoms with E-state index in [1.54, 1.807) is 0 Å². The van der Waals surface area contributed by atoms with Crippen LogP contribution in [0.3, 0.4) is 0 Å². The number of carbonyl (C=O) groups is 1. The summed E-state index contributed by atoms with van der Waals surface area (Å²) in [7, 11) is 0. The van der Waals surface area contributed by atoms with Crippen LogP contribution in [0.4, 0.5) is 0 Å². The number of hydrogen-bond donors (Lipinski definition) is 2. The van der Waals surface area contributed by atoms with Crippen LogP contribution in [0, 0.1) is 0 Å². The van der Waals surface area contributed by atoms with Gasteiger partial charge in [0.1, 0.15) is 11.8 Å². The molecule has 0 aliphatic heterocycles. The fraction of sp³-hybridized carbons (Fsp3) is 0.278. The van der Waals surface area contributed by atoms with Crippen LogP contribution in [0.1, 0.15) is 19.4 Å². The molecule has 22 heavy (non-hydrogen) atoms. The molecular formula is C18H21NO3. The number of ether oxygens (including phenoxy) is 1. The Labute approximate surface area is 130 Å². The molecule has 1 unspecified atom stereocenters. The summed E-state index contributed by atoms with van der Waals surface area (Å²) < 4.78 is 5.85. The summed E-state index contributed by atoms with van der Waals surface area (Å²) >= 11 is 0. The zero-order chi connectivity index (χ0) is 16.0. The van der Waals surface area contributed by atoms with Crippen molar-refractivity contribution < 1.29 is 14.6 Å². The monoisotopic (exact) mass is 299 g/mol. The summed E-state index contributed by atoms with van der Waals surface area (Å²) in [4.78, 5) is 11.5. The molecule has 2 N–H and O–H groups in total. The SMILES string of the molecule is CC(C)(NC(Cc1ccccc1)C(=O)O)Oc1ccccc1. The smallest absolute Gasteiger partial charge is 0.321 e. The number of carboxylic acid groups (broad SMARTS) is 1. The summed E-state index contributed by atoms with van der Waals surface area (Å²) in [6.45, 7) is 3.64. The van der Waals surface area contributed by atoms with Gasteiger partial charge in [-0.05, 0) is 38.0 Å². The standard InChI is InChI=1S/C18H21NO3/c1-18(2,22-15-11-7-4-8-12-15)19-16(17(20)21)13-14-9-5-3-6-10-14/h3-12,16,19H,13H2,1-2H3,(H,20,21). The van der Waals surface area contributed by atoms with Crippen LogP contribution in [-0.2, 0) is 11.2 Å². The largest absolute Gasteiger partial charge is 0.480 e. The molecule has 0 spiro atoms. The molecule has 0 heterocycles. The lowest BCUT2D eigenvalue weighted by Crippen LogP contribution is -2.53. The van der Waals surface area contributed by atoms with Gasteiger partial charge in [0.15, 0.2) is 5.72 Å². The third kappa shape index (κ3) is 4.90. The highest BCUT2D eigenvalue weighted by Gasteiger charge is 2.28. The van der Waals surface area contributed by atoms with E-state index in [1.165, 1.54) is 0 Å². The Morgan fingerprint density at radius 2 is 1.64 bits per heavy atom. The van der Waals surface area contributed by atoms with Crippen LogP contribution < -0.4 is 10.1 Å². The van der Waals surface area contributed by atoms with E-state index in [0.717, 1.165) is 5.56 Å². The number of rotatable bonds is 7. The first-order chi connectivity index (χ1) is 10.5. The Morgan fingerprint density at radius 3 is 2.18 bits per heavy atom. The molecule has 2 rings (SSSR count). The first-order valence-corrected chi connectivity index (χ1v) is 7.25. The van der Waals surface area contributed by atoms with Gasteiger partial charge in [-0.15, -0.1) is 0 Å². The zero-order valence-corrected chi connectivity index (χ0v) is 12.8. The van der Waals surface area contributed by atoms with Gasteiger partial charge in [0, 0.05) is 0 Å². The molecule has 0 saturated carbocycles. The highest BCUT2D eigenvalue weighted by atomic mass is 16.5. The second-order valence-electron chi connectivity index (χ2n) is 5.65.